The SMILES string of the molecule is C[C@@H]1CN([C@@H](C)CNC(=O)CCc2cnn(-c3ccccc3)c2)C[C@@H](C)O1. The molecule has 1 aromatic heterocycles. The molecular weight excluding hydrogens is 340 g/mol. The Labute approximate surface area is 161 Å². The van der Waals surface area contributed by atoms with Gasteiger partial charge in [0.1, 0.15) is 0 Å². The topological polar surface area (TPSA) is 59.4 Å². The first kappa shape index (κ1) is 19.6. The van der Waals surface area contributed by atoms with Gasteiger partial charge >= 0.3 is 0 Å². The molecule has 1 aliphatic heterocycles. The molecule has 1 fully saturated rings. The van der Waals surface area contributed by atoms with Crippen molar-refractivity contribution in [2.24, 2.45) is 0 Å². The highest BCUT2D eigenvalue weighted by atomic mass is 16.5. The number of morpholine rings is 1. The molecule has 0 spiro atoms. The van der Waals surface area contributed by atoms with Gasteiger partial charge in [0, 0.05) is 38.3 Å². The molecule has 3 atom stereocenters. The van der Waals surface area contributed by atoms with Gasteiger partial charge < -0.3 is 10.1 Å². The number of benzene rings is 1. The molecule has 1 amide bonds. The third kappa shape index (κ3) is 5.65. The average molecular weight is 370 g/mol. The normalized spacial score (nSPS) is 21.7. The molecule has 1 N–H and O–H groups in total. The Morgan fingerprint density at radius 3 is 2.67 bits per heavy atom. The summed E-state index contributed by atoms with van der Waals surface area (Å²) >= 11 is 0. The van der Waals surface area contributed by atoms with Crippen molar-refractivity contribution in [3.05, 3.63) is 48.3 Å². The van der Waals surface area contributed by atoms with Crippen molar-refractivity contribution in [2.45, 2.75) is 51.9 Å². The van der Waals surface area contributed by atoms with Crippen LogP contribution in [0.4, 0.5) is 0 Å². The Hall–Kier alpha value is -2.18. The third-order valence-electron chi connectivity index (χ3n) is 4.96. The van der Waals surface area contributed by atoms with Gasteiger partial charge in [-0.05, 0) is 44.9 Å². The number of nitrogens with one attached hydrogen (secondary N) is 1. The second-order valence-corrected chi connectivity index (χ2v) is 7.49. The third-order valence-corrected chi connectivity index (χ3v) is 4.96. The zero-order valence-corrected chi connectivity index (χ0v) is 16.5. The van der Waals surface area contributed by atoms with E-state index in [1.54, 1.807) is 0 Å². The molecule has 2 aromatic rings. The van der Waals surface area contributed by atoms with E-state index >= 15 is 0 Å². The minimum absolute atomic E-state index is 0.0867. The van der Waals surface area contributed by atoms with Crippen molar-refractivity contribution in [2.75, 3.05) is 19.6 Å². The fraction of sp³-hybridized carbons (Fsp3) is 0.524. The fourth-order valence-corrected chi connectivity index (χ4v) is 3.53. The Morgan fingerprint density at radius 2 is 1.96 bits per heavy atom. The zero-order chi connectivity index (χ0) is 19.2. The Bertz CT molecular complexity index is 721. The largest absolute Gasteiger partial charge is 0.373 e. The number of amides is 1. The number of carbonyl (C=O) groups excluding carboxylic acids is 1. The summed E-state index contributed by atoms with van der Waals surface area (Å²) < 4.78 is 7.62. The van der Waals surface area contributed by atoms with Gasteiger partial charge in [-0.3, -0.25) is 9.69 Å². The number of nitrogens with zero attached hydrogens (tertiary/aromatic N) is 3. The summed E-state index contributed by atoms with van der Waals surface area (Å²) in [5.74, 6) is 0.0867. The van der Waals surface area contributed by atoms with Crippen molar-refractivity contribution < 1.29 is 9.53 Å². The molecule has 0 unspecified atom stereocenters. The van der Waals surface area contributed by atoms with Crippen molar-refractivity contribution in [3.8, 4) is 5.69 Å². The number of hydrogen-bond acceptors (Lipinski definition) is 4. The number of carbonyl (C=O) groups is 1. The summed E-state index contributed by atoms with van der Waals surface area (Å²) in [6.45, 7) is 8.86. The summed E-state index contributed by atoms with van der Waals surface area (Å²) in [5, 5.41) is 7.45. The van der Waals surface area contributed by atoms with Crippen LogP contribution in [0.2, 0.25) is 0 Å². The lowest BCUT2D eigenvalue weighted by atomic mass is 10.1. The van der Waals surface area contributed by atoms with E-state index in [9.17, 15) is 4.79 Å². The van der Waals surface area contributed by atoms with Crippen molar-refractivity contribution in [1.29, 1.82) is 0 Å². The summed E-state index contributed by atoms with van der Waals surface area (Å²) in [4.78, 5) is 14.6. The van der Waals surface area contributed by atoms with Crippen LogP contribution in [0.25, 0.3) is 5.69 Å². The molecule has 1 aliphatic rings. The lowest BCUT2D eigenvalue weighted by Crippen LogP contribution is -2.52. The molecule has 0 saturated carbocycles. The predicted octanol–water partition coefficient (Wildman–Crippen LogP) is 2.42. The molecule has 1 aromatic carbocycles. The molecule has 6 heteroatoms. The first-order chi connectivity index (χ1) is 13.0. The summed E-state index contributed by atoms with van der Waals surface area (Å²) in [6, 6.07) is 10.3. The van der Waals surface area contributed by atoms with Gasteiger partial charge in [-0.1, -0.05) is 18.2 Å². The van der Waals surface area contributed by atoms with Crippen molar-refractivity contribution >= 4 is 5.91 Å². The molecule has 1 saturated heterocycles. The molecular formula is C21H30N4O2. The lowest BCUT2D eigenvalue weighted by molar-refractivity contribution is -0.121. The highest BCUT2D eigenvalue weighted by Crippen LogP contribution is 2.13. The van der Waals surface area contributed by atoms with Gasteiger partial charge in [-0.15, -0.1) is 0 Å². The van der Waals surface area contributed by atoms with Gasteiger partial charge in [0.15, 0.2) is 0 Å². The van der Waals surface area contributed by atoms with E-state index < -0.39 is 0 Å². The predicted molar refractivity (Wildman–Crippen MR) is 106 cm³/mol. The Balaban J connectivity index is 1.41. The maximum absolute atomic E-state index is 12.2. The summed E-state index contributed by atoms with van der Waals surface area (Å²) in [5.41, 5.74) is 2.09. The highest BCUT2D eigenvalue weighted by Gasteiger charge is 2.25. The molecule has 0 radical (unpaired) electrons. The number of aryl methyl sites for hydroxylation is 1. The van der Waals surface area contributed by atoms with Gasteiger partial charge in [0.25, 0.3) is 0 Å². The van der Waals surface area contributed by atoms with Crippen LogP contribution in [0.15, 0.2) is 42.7 Å². The molecule has 27 heavy (non-hydrogen) atoms. The molecule has 0 aliphatic carbocycles. The molecule has 146 valence electrons. The number of ether oxygens (including phenoxy) is 1. The molecule has 2 heterocycles. The van der Waals surface area contributed by atoms with Gasteiger partial charge in [0.2, 0.25) is 5.91 Å². The van der Waals surface area contributed by atoms with E-state index in [4.69, 9.17) is 4.74 Å². The van der Waals surface area contributed by atoms with Crippen molar-refractivity contribution in [3.63, 3.8) is 0 Å². The number of aromatic nitrogens is 2. The van der Waals surface area contributed by atoms with Crippen LogP contribution >= 0.6 is 0 Å². The van der Waals surface area contributed by atoms with E-state index in [1.165, 1.54) is 0 Å². The molecule has 0 bridgehead atoms. The molecule has 3 rings (SSSR count). The lowest BCUT2D eigenvalue weighted by Gasteiger charge is -2.39. The van der Waals surface area contributed by atoms with Crippen LogP contribution in [-0.2, 0) is 16.0 Å². The van der Waals surface area contributed by atoms with Crippen LogP contribution in [0.1, 0.15) is 32.8 Å². The molecule has 6 nitrogen and oxygen atoms in total. The highest BCUT2D eigenvalue weighted by molar-refractivity contribution is 5.76. The maximum atomic E-state index is 12.2. The van der Waals surface area contributed by atoms with Crippen molar-refractivity contribution in [1.82, 2.24) is 20.0 Å². The standard InChI is InChI=1S/C21H30N4O2/c1-16(24-13-17(2)27-18(3)14-24)11-22-21(26)10-9-19-12-23-25(15-19)20-7-5-4-6-8-20/h4-8,12,15-18H,9-11,13-14H2,1-3H3,(H,22,26)/t16-,17+,18+/m0/s1. The van der Waals surface area contributed by atoms with Gasteiger partial charge in [0.05, 0.1) is 24.1 Å². The quantitative estimate of drug-likeness (QED) is 0.813. The van der Waals surface area contributed by atoms with Crippen LogP contribution in [0, 0.1) is 0 Å². The van der Waals surface area contributed by atoms with Crippen LogP contribution in [0.5, 0.6) is 0 Å². The monoisotopic (exact) mass is 370 g/mol. The zero-order valence-electron chi connectivity index (χ0n) is 16.5. The minimum atomic E-state index is 0.0867. The van der Waals surface area contributed by atoms with E-state index in [1.807, 2.05) is 47.4 Å². The van der Waals surface area contributed by atoms with Gasteiger partial charge in [-0.25, -0.2) is 4.68 Å². The minimum Gasteiger partial charge on any atom is -0.373 e. The summed E-state index contributed by atoms with van der Waals surface area (Å²) in [6.07, 6.45) is 5.48. The second-order valence-electron chi connectivity index (χ2n) is 7.49. The number of hydrogen-bond donors (Lipinski definition) is 1. The maximum Gasteiger partial charge on any atom is 0.220 e. The number of rotatable bonds is 7. The van der Waals surface area contributed by atoms with Crippen LogP contribution in [0.3, 0.4) is 0 Å². The fourth-order valence-electron chi connectivity index (χ4n) is 3.53. The van der Waals surface area contributed by atoms with Crippen LogP contribution in [-0.4, -0.2) is 58.5 Å². The van der Waals surface area contributed by atoms with Crippen LogP contribution < -0.4 is 5.32 Å². The first-order valence-corrected chi connectivity index (χ1v) is 9.76. The van der Waals surface area contributed by atoms with E-state index in [2.05, 4.69) is 36.1 Å². The van der Waals surface area contributed by atoms with E-state index in [-0.39, 0.29) is 18.1 Å². The van der Waals surface area contributed by atoms with E-state index in [0.29, 0.717) is 25.4 Å². The summed E-state index contributed by atoms with van der Waals surface area (Å²) in [7, 11) is 0. The Kier molecular flexibility index (Phi) is 6.63. The second kappa shape index (κ2) is 9.15. The first-order valence-electron chi connectivity index (χ1n) is 9.76. The number of para-hydroxylation sites is 1. The van der Waals surface area contributed by atoms with Gasteiger partial charge in [-0.2, -0.15) is 5.10 Å². The Morgan fingerprint density at radius 1 is 1.26 bits per heavy atom. The van der Waals surface area contributed by atoms with E-state index in [0.717, 1.165) is 24.3 Å². The smallest absolute Gasteiger partial charge is 0.220 e. The average Bonchev–Trinajstić information content (AvgIpc) is 3.13.